The minimum absolute atomic E-state index is 0.221. The van der Waals surface area contributed by atoms with Gasteiger partial charge in [-0.05, 0) is 25.0 Å². The number of phenolic OH excluding ortho intramolecular Hbond substituents is 1. The van der Waals surface area contributed by atoms with E-state index in [1.807, 2.05) is 0 Å². The van der Waals surface area contributed by atoms with Crippen molar-refractivity contribution in [2.45, 2.75) is 18.9 Å². The van der Waals surface area contributed by atoms with Crippen LogP contribution in [0.3, 0.4) is 0 Å². The normalized spacial score (nSPS) is 18.9. The lowest BCUT2D eigenvalue weighted by Gasteiger charge is -2.21. The molecule has 0 aromatic heterocycles. The molecule has 18 heavy (non-hydrogen) atoms. The number of aliphatic carboxylic acids is 1. The van der Waals surface area contributed by atoms with Crippen molar-refractivity contribution in [2.75, 3.05) is 6.54 Å². The number of amides is 1. The second-order valence-corrected chi connectivity index (χ2v) is 4.16. The van der Waals surface area contributed by atoms with Crippen molar-refractivity contribution in [1.82, 2.24) is 4.90 Å². The number of benzene rings is 1. The summed E-state index contributed by atoms with van der Waals surface area (Å²) < 4.78 is 13.5. The van der Waals surface area contributed by atoms with Crippen molar-refractivity contribution in [3.8, 4) is 5.75 Å². The number of rotatable bonds is 2. The van der Waals surface area contributed by atoms with E-state index >= 15 is 0 Å². The van der Waals surface area contributed by atoms with Gasteiger partial charge in [0.2, 0.25) is 0 Å². The Morgan fingerprint density at radius 1 is 1.39 bits per heavy atom. The third kappa shape index (κ3) is 2.13. The number of carboxylic acid groups (broad SMARTS) is 1. The highest BCUT2D eigenvalue weighted by atomic mass is 19.1. The number of phenols is 1. The van der Waals surface area contributed by atoms with Crippen molar-refractivity contribution < 1.29 is 24.2 Å². The highest BCUT2D eigenvalue weighted by molar-refractivity contribution is 5.97. The number of carbonyl (C=O) groups excluding carboxylic acids is 1. The molecule has 96 valence electrons. The van der Waals surface area contributed by atoms with Crippen LogP contribution in [0.2, 0.25) is 0 Å². The van der Waals surface area contributed by atoms with Crippen LogP contribution in [0.1, 0.15) is 23.2 Å². The van der Waals surface area contributed by atoms with E-state index in [1.165, 1.54) is 6.07 Å². The lowest BCUT2D eigenvalue weighted by Crippen LogP contribution is -2.40. The van der Waals surface area contributed by atoms with Gasteiger partial charge in [-0.15, -0.1) is 0 Å². The number of likely N-dealkylation sites (tertiary alicyclic amines) is 1. The summed E-state index contributed by atoms with van der Waals surface area (Å²) in [4.78, 5) is 24.1. The van der Waals surface area contributed by atoms with Crippen LogP contribution < -0.4 is 0 Å². The van der Waals surface area contributed by atoms with Gasteiger partial charge in [0.25, 0.3) is 5.91 Å². The van der Waals surface area contributed by atoms with Crippen LogP contribution in [0.15, 0.2) is 18.2 Å². The van der Waals surface area contributed by atoms with Crippen molar-refractivity contribution in [2.24, 2.45) is 0 Å². The minimum Gasteiger partial charge on any atom is -0.508 e. The fraction of sp³-hybridized carbons (Fsp3) is 0.333. The largest absolute Gasteiger partial charge is 0.508 e. The van der Waals surface area contributed by atoms with Gasteiger partial charge in [-0.1, -0.05) is 0 Å². The SMILES string of the molecule is O=C(O)C1CCCN1C(=O)c1ccc(O)cc1F. The Morgan fingerprint density at radius 3 is 2.72 bits per heavy atom. The first-order valence-corrected chi connectivity index (χ1v) is 5.53. The van der Waals surface area contributed by atoms with Gasteiger partial charge >= 0.3 is 5.97 Å². The number of hydrogen-bond acceptors (Lipinski definition) is 3. The van der Waals surface area contributed by atoms with Gasteiger partial charge in [-0.3, -0.25) is 4.79 Å². The van der Waals surface area contributed by atoms with Gasteiger partial charge in [0.1, 0.15) is 17.6 Å². The summed E-state index contributed by atoms with van der Waals surface area (Å²) in [6, 6.07) is 2.29. The second-order valence-electron chi connectivity index (χ2n) is 4.16. The maximum Gasteiger partial charge on any atom is 0.326 e. The highest BCUT2D eigenvalue weighted by Crippen LogP contribution is 2.23. The predicted octanol–water partition coefficient (Wildman–Crippen LogP) is 1.22. The highest BCUT2D eigenvalue weighted by Gasteiger charge is 2.35. The van der Waals surface area contributed by atoms with E-state index in [9.17, 15) is 14.0 Å². The summed E-state index contributed by atoms with van der Waals surface area (Å²) in [6.45, 7) is 0.302. The Kier molecular flexibility index (Phi) is 3.18. The minimum atomic E-state index is -1.08. The summed E-state index contributed by atoms with van der Waals surface area (Å²) in [5, 5.41) is 18.0. The molecule has 6 heteroatoms. The van der Waals surface area contributed by atoms with Gasteiger partial charge in [-0.25, -0.2) is 9.18 Å². The lowest BCUT2D eigenvalue weighted by atomic mass is 10.1. The molecule has 1 atom stereocenters. The molecule has 1 aromatic rings. The van der Waals surface area contributed by atoms with Crippen LogP contribution in [0.5, 0.6) is 5.75 Å². The second kappa shape index (κ2) is 4.64. The molecular weight excluding hydrogens is 241 g/mol. The topological polar surface area (TPSA) is 77.8 Å². The zero-order chi connectivity index (χ0) is 13.3. The Labute approximate surface area is 102 Å². The Bertz CT molecular complexity index is 503. The van der Waals surface area contributed by atoms with E-state index in [2.05, 4.69) is 0 Å². The monoisotopic (exact) mass is 253 g/mol. The molecule has 2 N–H and O–H groups in total. The molecule has 5 nitrogen and oxygen atoms in total. The third-order valence-corrected chi connectivity index (χ3v) is 2.98. The van der Waals surface area contributed by atoms with E-state index in [0.29, 0.717) is 19.4 Å². The number of hydrogen-bond donors (Lipinski definition) is 2. The quantitative estimate of drug-likeness (QED) is 0.830. The first-order chi connectivity index (χ1) is 8.50. The third-order valence-electron chi connectivity index (χ3n) is 2.98. The molecule has 0 saturated carbocycles. The molecule has 1 fully saturated rings. The number of aromatic hydroxyl groups is 1. The molecule has 0 radical (unpaired) electrons. The first-order valence-electron chi connectivity index (χ1n) is 5.53. The molecule has 1 amide bonds. The maximum atomic E-state index is 13.5. The van der Waals surface area contributed by atoms with E-state index in [1.54, 1.807) is 0 Å². The van der Waals surface area contributed by atoms with Crippen LogP contribution >= 0.6 is 0 Å². The van der Waals surface area contributed by atoms with E-state index < -0.39 is 23.7 Å². The van der Waals surface area contributed by atoms with Crippen molar-refractivity contribution in [3.05, 3.63) is 29.6 Å². The fourth-order valence-electron chi connectivity index (χ4n) is 2.10. The van der Waals surface area contributed by atoms with Crippen LogP contribution in [-0.2, 0) is 4.79 Å². The molecule has 1 aliphatic heterocycles. The first kappa shape index (κ1) is 12.3. The molecule has 1 aromatic carbocycles. The molecule has 1 saturated heterocycles. The van der Waals surface area contributed by atoms with Gasteiger partial charge in [-0.2, -0.15) is 0 Å². The van der Waals surface area contributed by atoms with Crippen molar-refractivity contribution in [3.63, 3.8) is 0 Å². The average Bonchev–Trinajstić information content (AvgIpc) is 2.77. The molecule has 0 bridgehead atoms. The Balaban J connectivity index is 2.28. The van der Waals surface area contributed by atoms with E-state index in [0.717, 1.165) is 17.0 Å². The van der Waals surface area contributed by atoms with E-state index in [4.69, 9.17) is 10.2 Å². The standard InChI is InChI=1S/C12H12FNO4/c13-9-6-7(15)3-4-8(9)11(16)14-5-1-2-10(14)12(17)18/h3-4,6,10,15H,1-2,5H2,(H,17,18). The summed E-state index contributed by atoms with van der Waals surface area (Å²) >= 11 is 0. The zero-order valence-electron chi connectivity index (χ0n) is 9.47. The van der Waals surface area contributed by atoms with Crippen LogP contribution in [-0.4, -0.2) is 39.6 Å². The average molecular weight is 253 g/mol. The number of carboxylic acids is 1. The summed E-state index contributed by atoms with van der Waals surface area (Å²) in [6.07, 6.45) is 0.961. The Morgan fingerprint density at radius 2 is 2.11 bits per heavy atom. The molecular formula is C12H12FNO4. The zero-order valence-corrected chi connectivity index (χ0v) is 9.47. The van der Waals surface area contributed by atoms with Crippen molar-refractivity contribution in [1.29, 1.82) is 0 Å². The molecule has 2 rings (SSSR count). The lowest BCUT2D eigenvalue weighted by molar-refractivity contribution is -0.141. The molecule has 1 heterocycles. The van der Waals surface area contributed by atoms with Gasteiger partial charge in [0, 0.05) is 12.6 Å². The van der Waals surface area contributed by atoms with Gasteiger partial charge in [0.15, 0.2) is 0 Å². The molecule has 1 aliphatic rings. The summed E-state index contributed by atoms with van der Waals surface area (Å²) in [7, 11) is 0. The van der Waals surface area contributed by atoms with E-state index in [-0.39, 0.29) is 11.3 Å². The molecule has 0 spiro atoms. The predicted molar refractivity (Wildman–Crippen MR) is 59.8 cm³/mol. The van der Waals surface area contributed by atoms with Crippen LogP contribution in [0.25, 0.3) is 0 Å². The fourth-order valence-corrected chi connectivity index (χ4v) is 2.10. The molecule has 1 unspecified atom stereocenters. The van der Waals surface area contributed by atoms with Crippen LogP contribution in [0.4, 0.5) is 4.39 Å². The van der Waals surface area contributed by atoms with Gasteiger partial charge < -0.3 is 15.1 Å². The van der Waals surface area contributed by atoms with Crippen LogP contribution in [0, 0.1) is 5.82 Å². The van der Waals surface area contributed by atoms with Gasteiger partial charge in [0.05, 0.1) is 5.56 Å². The summed E-state index contributed by atoms with van der Waals surface area (Å²) in [5.74, 6) is -2.87. The van der Waals surface area contributed by atoms with Crippen molar-refractivity contribution >= 4 is 11.9 Å². The Hall–Kier alpha value is -2.11. The maximum absolute atomic E-state index is 13.5. The summed E-state index contributed by atoms with van der Waals surface area (Å²) in [5.41, 5.74) is -0.221. The number of halogens is 1. The number of carbonyl (C=O) groups is 2. The number of nitrogens with zero attached hydrogens (tertiary/aromatic N) is 1. The smallest absolute Gasteiger partial charge is 0.326 e. The molecule has 0 aliphatic carbocycles.